The van der Waals surface area contributed by atoms with E-state index in [1.165, 1.54) is 36.4 Å². The minimum absolute atomic E-state index is 0.123. The number of hydrogen-bond acceptors (Lipinski definition) is 11. The van der Waals surface area contributed by atoms with E-state index in [4.69, 9.17) is 28.4 Å². The first-order chi connectivity index (χ1) is 22.8. The Morgan fingerprint density at radius 1 is 0.574 bits per heavy atom. The summed E-state index contributed by atoms with van der Waals surface area (Å²) in [5, 5.41) is 0. The number of benzene rings is 4. The molecule has 4 atom stereocenters. The van der Waals surface area contributed by atoms with Crippen LogP contribution < -0.4 is 0 Å². The van der Waals surface area contributed by atoms with E-state index in [1.807, 2.05) is 0 Å². The molecule has 0 unspecified atom stereocenters. The number of ether oxygens (including phenoxy) is 6. The normalized spacial score (nSPS) is 20.0. The average Bonchev–Trinajstić information content (AvgIpc) is 3.37. The van der Waals surface area contributed by atoms with Gasteiger partial charge >= 0.3 is 29.8 Å². The van der Waals surface area contributed by atoms with Crippen LogP contribution in [0.25, 0.3) is 0 Å². The van der Waals surface area contributed by atoms with Crippen LogP contribution in [0.2, 0.25) is 0 Å². The Labute approximate surface area is 269 Å². The number of esters is 5. The van der Waals surface area contributed by atoms with Gasteiger partial charge in [0.2, 0.25) is 6.10 Å². The summed E-state index contributed by atoms with van der Waals surface area (Å²) in [6, 6.07) is 32.0. The van der Waals surface area contributed by atoms with Gasteiger partial charge in [0.25, 0.3) is 5.79 Å². The maximum atomic E-state index is 13.4. The molecule has 4 aromatic carbocycles. The van der Waals surface area contributed by atoms with Gasteiger partial charge in [-0.25, -0.2) is 19.2 Å². The molecule has 0 aliphatic carbocycles. The summed E-state index contributed by atoms with van der Waals surface area (Å²) in [5.74, 6) is -6.46. The molecule has 1 fully saturated rings. The Morgan fingerprint density at radius 2 is 0.979 bits per heavy atom. The van der Waals surface area contributed by atoms with Crippen molar-refractivity contribution in [1.82, 2.24) is 0 Å². The molecular formula is C36H30O11. The molecule has 0 spiro atoms. The first-order valence-corrected chi connectivity index (χ1v) is 14.6. The van der Waals surface area contributed by atoms with Gasteiger partial charge in [-0.15, -0.1) is 0 Å². The summed E-state index contributed by atoms with van der Waals surface area (Å²) >= 11 is 0. The Morgan fingerprint density at radius 3 is 1.43 bits per heavy atom. The predicted molar refractivity (Wildman–Crippen MR) is 164 cm³/mol. The van der Waals surface area contributed by atoms with Gasteiger partial charge in [-0.3, -0.25) is 4.79 Å². The van der Waals surface area contributed by atoms with E-state index < -0.39 is 67.2 Å². The van der Waals surface area contributed by atoms with Gasteiger partial charge in [-0.05, 0) is 48.5 Å². The molecule has 47 heavy (non-hydrogen) atoms. The minimum atomic E-state index is -2.33. The summed E-state index contributed by atoms with van der Waals surface area (Å²) in [6.45, 7) is -0.237. The molecule has 1 aliphatic rings. The zero-order chi connectivity index (χ0) is 33.2. The molecule has 1 heterocycles. The van der Waals surface area contributed by atoms with Gasteiger partial charge < -0.3 is 28.4 Å². The van der Waals surface area contributed by atoms with Gasteiger partial charge in [-0.1, -0.05) is 72.8 Å². The van der Waals surface area contributed by atoms with E-state index >= 15 is 0 Å². The highest BCUT2D eigenvalue weighted by molar-refractivity contribution is 5.91. The van der Waals surface area contributed by atoms with Crippen LogP contribution in [0.15, 0.2) is 121 Å². The van der Waals surface area contributed by atoms with Gasteiger partial charge in [0.1, 0.15) is 12.7 Å². The van der Waals surface area contributed by atoms with Gasteiger partial charge in [0, 0.05) is 6.92 Å². The monoisotopic (exact) mass is 638 g/mol. The van der Waals surface area contributed by atoms with Crippen molar-refractivity contribution in [3.05, 3.63) is 144 Å². The molecule has 0 N–H and O–H groups in total. The molecule has 5 rings (SSSR count). The van der Waals surface area contributed by atoms with Gasteiger partial charge in [0.05, 0.1) is 22.3 Å². The molecule has 1 aliphatic heterocycles. The van der Waals surface area contributed by atoms with Crippen molar-refractivity contribution < 1.29 is 52.4 Å². The fraction of sp³-hybridized carbons (Fsp3) is 0.194. The van der Waals surface area contributed by atoms with Crippen LogP contribution in [-0.4, -0.2) is 67.2 Å². The Hall–Kier alpha value is -5.81. The van der Waals surface area contributed by atoms with Crippen molar-refractivity contribution in [2.45, 2.75) is 31.0 Å². The van der Waals surface area contributed by atoms with Crippen molar-refractivity contribution in [1.29, 1.82) is 0 Å². The zero-order valence-electron chi connectivity index (χ0n) is 25.2. The van der Waals surface area contributed by atoms with Crippen LogP contribution in [-0.2, 0) is 33.2 Å². The topological polar surface area (TPSA) is 141 Å². The standard InChI is InChI=1S/C36H30O11/c1-24(37)46-36(23-43-33(39)26-16-8-3-9-17-26)31(45-35(41)28-20-12-5-13-21-28)30(44-34(40)27-18-10-4-11-19-27)29(47-36)22-42-32(38)25-14-6-2-7-15-25/h2-21,29-31H,22-23H2,1H3/t29-,30-,31+,36-/m1/s1. The summed E-state index contributed by atoms with van der Waals surface area (Å²) < 4.78 is 34.6. The maximum Gasteiger partial charge on any atom is 0.338 e. The van der Waals surface area contributed by atoms with Crippen LogP contribution in [0.4, 0.5) is 0 Å². The highest BCUT2D eigenvalue weighted by Gasteiger charge is 2.63. The third-order valence-electron chi connectivity index (χ3n) is 7.06. The lowest BCUT2D eigenvalue weighted by molar-refractivity contribution is -0.262. The zero-order valence-corrected chi connectivity index (χ0v) is 25.2. The van der Waals surface area contributed by atoms with E-state index in [9.17, 15) is 24.0 Å². The molecule has 4 aromatic rings. The maximum absolute atomic E-state index is 13.4. The number of carbonyl (C=O) groups is 5. The summed E-state index contributed by atoms with van der Waals surface area (Å²) in [4.78, 5) is 65.2. The molecule has 0 saturated carbocycles. The Bertz CT molecular complexity index is 1690. The Balaban J connectivity index is 1.52. The van der Waals surface area contributed by atoms with Crippen LogP contribution >= 0.6 is 0 Å². The third-order valence-corrected chi connectivity index (χ3v) is 7.06. The lowest BCUT2D eigenvalue weighted by atomic mass is 10.0. The first-order valence-electron chi connectivity index (χ1n) is 14.6. The second-order valence-electron chi connectivity index (χ2n) is 10.4. The fourth-order valence-corrected chi connectivity index (χ4v) is 4.89. The quantitative estimate of drug-likeness (QED) is 0.165. The molecule has 1 saturated heterocycles. The van der Waals surface area contributed by atoms with Crippen molar-refractivity contribution >= 4 is 29.8 Å². The second kappa shape index (κ2) is 15.0. The predicted octanol–water partition coefficient (Wildman–Crippen LogP) is 4.81. The highest BCUT2D eigenvalue weighted by Crippen LogP contribution is 2.39. The largest absolute Gasteiger partial charge is 0.459 e. The summed E-state index contributed by atoms with van der Waals surface area (Å²) in [5.41, 5.74) is 0.693. The summed E-state index contributed by atoms with van der Waals surface area (Å²) in [6.07, 6.45) is -4.58. The van der Waals surface area contributed by atoms with Crippen molar-refractivity contribution in [3.63, 3.8) is 0 Å². The van der Waals surface area contributed by atoms with Crippen LogP contribution in [0, 0.1) is 0 Å². The second-order valence-corrected chi connectivity index (χ2v) is 10.4. The molecule has 11 heteroatoms. The molecule has 0 amide bonds. The van der Waals surface area contributed by atoms with E-state index in [2.05, 4.69) is 0 Å². The average molecular weight is 639 g/mol. The molecule has 11 nitrogen and oxygen atoms in total. The van der Waals surface area contributed by atoms with Crippen molar-refractivity contribution in [2.24, 2.45) is 0 Å². The lowest BCUT2D eigenvalue weighted by Crippen LogP contribution is -2.53. The van der Waals surface area contributed by atoms with E-state index in [0.29, 0.717) is 0 Å². The number of carbonyl (C=O) groups excluding carboxylic acids is 5. The van der Waals surface area contributed by atoms with E-state index in [0.717, 1.165) is 6.92 Å². The van der Waals surface area contributed by atoms with Crippen LogP contribution in [0.1, 0.15) is 48.4 Å². The SMILES string of the molecule is CC(=O)O[C@]1(COC(=O)c2ccccc2)O[C@H](COC(=O)c2ccccc2)[C@@H](OC(=O)c2ccccc2)[C@@H]1OC(=O)c1ccccc1. The molecule has 0 aromatic heterocycles. The fourth-order valence-electron chi connectivity index (χ4n) is 4.89. The molecular weight excluding hydrogens is 608 g/mol. The lowest BCUT2D eigenvalue weighted by Gasteiger charge is -2.33. The van der Waals surface area contributed by atoms with Gasteiger partial charge in [-0.2, -0.15) is 0 Å². The third kappa shape index (κ3) is 8.08. The molecule has 0 radical (unpaired) electrons. The summed E-state index contributed by atoms with van der Waals surface area (Å²) in [7, 11) is 0. The van der Waals surface area contributed by atoms with Gasteiger partial charge in [0.15, 0.2) is 12.7 Å². The Kier molecular flexibility index (Phi) is 10.4. The van der Waals surface area contributed by atoms with Crippen molar-refractivity contribution in [3.8, 4) is 0 Å². The van der Waals surface area contributed by atoms with Crippen LogP contribution in [0.3, 0.4) is 0 Å². The number of hydrogen-bond donors (Lipinski definition) is 0. The van der Waals surface area contributed by atoms with E-state index in [1.54, 1.807) is 84.9 Å². The molecule has 0 bridgehead atoms. The van der Waals surface area contributed by atoms with Crippen LogP contribution in [0.5, 0.6) is 0 Å². The molecule has 240 valence electrons. The van der Waals surface area contributed by atoms with Crippen molar-refractivity contribution in [2.75, 3.05) is 13.2 Å². The number of rotatable bonds is 11. The van der Waals surface area contributed by atoms with E-state index in [-0.39, 0.29) is 22.3 Å². The minimum Gasteiger partial charge on any atom is -0.459 e. The highest BCUT2D eigenvalue weighted by atomic mass is 16.8. The smallest absolute Gasteiger partial charge is 0.338 e. The first kappa shape index (κ1) is 32.6.